The van der Waals surface area contributed by atoms with Gasteiger partial charge in [-0.25, -0.2) is 14.6 Å². The van der Waals surface area contributed by atoms with E-state index in [4.69, 9.17) is 5.73 Å². The van der Waals surface area contributed by atoms with Crippen molar-refractivity contribution in [1.29, 1.82) is 0 Å². The van der Waals surface area contributed by atoms with Gasteiger partial charge >= 0.3 is 0 Å². The summed E-state index contributed by atoms with van der Waals surface area (Å²) < 4.78 is 1.92. The van der Waals surface area contributed by atoms with E-state index >= 15 is 0 Å². The van der Waals surface area contributed by atoms with Crippen LogP contribution in [0.2, 0.25) is 0 Å². The highest BCUT2D eigenvalue weighted by Crippen LogP contribution is 2.18. The van der Waals surface area contributed by atoms with Crippen LogP contribution >= 0.6 is 22.6 Å². The number of hydrogen-bond donors (Lipinski definition) is 2. The molecule has 3 aromatic rings. The monoisotopic (exact) mass is 380 g/mol. The first-order valence-electron chi connectivity index (χ1n) is 5.66. The Kier molecular flexibility index (Phi) is 3.22. The molecule has 2 aromatic heterocycles. The summed E-state index contributed by atoms with van der Waals surface area (Å²) in [5.41, 5.74) is 6.98. The Hall–Kier alpha value is -2.23. The number of anilines is 1. The zero-order valence-corrected chi connectivity index (χ0v) is 12.3. The van der Waals surface area contributed by atoms with E-state index in [1.165, 1.54) is 17.3 Å². The highest BCUT2D eigenvalue weighted by atomic mass is 127. The first kappa shape index (κ1) is 12.8. The van der Waals surface area contributed by atoms with Gasteiger partial charge in [-0.15, -0.1) is 5.10 Å². The summed E-state index contributed by atoms with van der Waals surface area (Å²) >= 11 is 1.92. The molecule has 0 amide bonds. The minimum absolute atomic E-state index is 0.211. The van der Waals surface area contributed by atoms with Crippen LogP contribution in [0.3, 0.4) is 0 Å². The van der Waals surface area contributed by atoms with Crippen molar-refractivity contribution in [3.05, 3.63) is 50.8 Å². The molecule has 3 N–H and O–H groups in total. The molecular weight excluding hydrogens is 371 g/mol. The van der Waals surface area contributed by atoms with Crippen molar-refractivity contribution in [2.75, 3.05) is 5.73 Å². The number of nitrogens with two attached hydrogens (primary N) is 1. The van der Waals surface area contributed by atoms with Gasteiger partial charge in [0.1, 0.15) is 9.90 Å². The van der Waals surface area contributed by atoms with E-state index in [0.29, 0.717) is 20.9 Å². The molecule has 0 aliphatic heterocycles. The van der Waals surface area contributed by atoms with Gasteiger partial charge in [0.25, 0.3) is 5.56 Å². The van der Waals surface area contributed by atoms with Crippen molar-refractivity contribution in [3.8, 4) is 17.2 Å². The summed E-state index contributed by atoms with van der Waals surface area (Å²) in [6.07, 6.45) is 2.85. The Morgan fingerprint density at radius 3 is 2.95 bits per heavy atom. The lowest BCUT2D eigenvalue weighted by atomic mass is 10.2. The van der Waals surface area contributed by atoms with Crippen molar-refractivity contribution in [3.63, 3.8) is 0 Å². The third-order valence-electron chi connectivity index (χ3n) is 2.63. The smallest absolute Gasteiger partial charge is 0.266 e. The minimum Gasteiger partial charge on any atom is -0.399 e. The Balaban J connectivity index is 2.07. The molecule has 0 saturated carbocycles. The number of benzene rings is 1. The van der Waals surface area contributed by atoms with Gasteiger partial charge in [0.15, 0.2) is 11.6 Å². The van der Waals surface area contributed by atoms with Gasteiger partial charge in [0.2, 0.25) is 0 Å². The fourth-order valence-electron chi connectivity index (χ4n) is 1.71. The number of aromatic amines is 1. The van der Waals surface area contributed by atoms with Gasteiger partial charge in [-0.05, 0) is 34.7 Å². The first-order valence-corrected chi connectivity index (χ1v) is 6.74. The van der Waals surface area contributed by atoms with E-state index in [1.807, 2.05) is 34.7 Å². The van der Waals surface area contributed by atoms with Gasteiger partial charge in [-0.2, -0.15) is 0 Å². The van der Waals surface area contributed by atoms with Gasteiger partial charge in [0.05, 0.1) is 6.33 Å². The lowest BCUT2D eigenvalue weighted by Gasteiger charge is -2.00. The molecule has 0 spiro atoms. The normalized spacial score (nSPS) is 10.7. The fourth-order valence-corrected chi connectivity index (χ4v) is 2.25. The molecule has 0 aliphatic carbocycles. The molecule has 0 bridgehead atoms. The van der Waals surface area contributed by atoms with Crippen LogP contribution in [0.4, 0.5) is 5.69 Å². The molecule has 0 saturated heterocycles. The second-order valence-electron chi connectivity index (χ2n) is 4.01. The zero-order valence-electron chi connectivity index (χ0n) is 10.1. The van der Waals surface area contributed by atoms with Crippen molar-refractivity contribution in [1.82, 2.24) is 24.7 Å². The van der Waals surface area contributed by atoms with Crippen molar-refractivity contribution >= 4 is 28.3 Å². The maximum Gasteiger partial charge on any atom is 0.266 e. The van der Waals surface area contributed by atoms with E-state index in [-0.39, 0.29) is 5.56 Å². The van der Waals surface area contributed by atoms with Gasteiger partial charge in [-0.3, -0.25) is 4.79 Å². The number of halogens is 1. The topological polar surface area (TPSA) is 102 Å². The number of hydrogen-bond acceptors (Lipinski definition) is 5. The SMILES string of the molecule is Nc1cccc(-c2ncn(-c3nc[nH]c(=O)c3I)n2)c1. The number of H-pyrrole nitrogens is 1. The standard InChI is InChI=1S/C12H9IN6O/c13-9-11(15-5-16-12(9)20)19-6-17-10(18-19)7-2-1-3-8(14)4-7/h1-6H,14H2,(H,15,16,20). The lowest BCUT2D eigenvalue weighted by Crippen LogP contribution is -2.15. The number of nitrogens with zero attached hydrogens (tertiary/aromatic N) is 4. The number of nitrogen functional groups attached to an aromatic ring is 1. The van der Waals surface area contributed by atoms with E-state index in [9.17, 15) is 4.79 Å². The first-order chi connectivity index (χ1) is 9.65. The average molecular weight is 380 g/mol. The predicted molar refractivity (Wildman–Crippen MR) is 82.3 cm³/mol. The maximum absolute atomic E-state index is 11.6. The quantitative estimate of drug-likeness (QED) is 0.514. The van der Waals surface area contributed by atoms with E-state index in [2.05, 4.69) is 20.1 Å². The predicted octanol–water partition coefficient (Wildman–Crippen LogP) is 1.20. The van der Waals surface area contributed by atoms with Crippen LogP contribution < -0.4 is 11.3 Å². The van der Waals surface area contributed by atoms with Crippen molar-refractivity contribution in [2.24, 2.45) is 0 Å². The average Bonchev–Trinajstić information content (AvgIpc) is 2.91. The number of nitrogens with one attached hydrogen (secondary N) is 1. The summed E-state index contributed by atoms with van der Waals surface area (Å²) in [6, 6.07) is 7.28. The maximum atomic E-state index is 11.6. The minimum atomic E-state index is -0.211. The van der Waals surface area contributed by atoms with Gasteiger partial charge in [0, 0.05) is 11.3 Å². The fraction of sp³-hybridized carbons (Fsp3) is 0. The van der Waals surface area contributed by atoms with Crippen LogP contribution in [0.5, 0.6) is 0 Å². The van der Waals surface area contributed by atoms with Crippen LogP contribution in [-0.4, -0.2) is 24.7 Å². The Labute approximate surface area is 127 Å². The second kappa shape index (κ2) is 5.04. The third kappa shape index (κ3) is 2.29. The molecule has 3 rings (SSSR count). The largest absolute Gasteiger partial charge is 0.399 e. The summed E-state index contributed by atoms with van der Waals surface area (Å²) in [5, 5.41) is 4.32. The van der Waals surface area contributed by atoms with Gasteiger partial charge in [-0.1, -0.05) is 12.1 Å². The molecule has 0 aliphatic rings. The molecule has 7 nitrogen and oxygen atoms in total. The molecular formula is C12H9IN6O. The van der Waals surface area contributed by atoms with Crippen LogP contribution in [0, 0.1) is 3.57 Å². The molecule has 20 heavy (non-hydrogen) atoms. The molecule has 100 valence electrons. The highest BCUT2D eigenvalue weighted by Gasteiger charge is 2.11. The molecule has 8 heteroatoms. The van der Waals surface area contributed by atoms with Crippen LogP contribution in [0.25, 0.3) is 17.2 Å². The summed E-state index contributed by atoms with van der Waals surface area (Å²) in [6.45, 7) is 0. The number of aromatic nitrogens is 5. The Morgan fingerprint density at radius 1 is 1.30 bits per heavy atom. The Bertz CT molecular complexity index is 825. The van der Waals surface area contributed by atoms with E-state index in [1.54, 1.807) is 12.1 Å². The molecule has 2 heterocycles. The van der Waals surface area contributed by atoms with Crippen LogP contribution in [0.1, 0.15) is 0 Å². The molecule has 0 unspecified atom stereocenters. The summed E-state index contributed by atoms with van der Waals surface area (Å²) in [5.74, 6) is 0.965. The van der Waals surface area contributed by atoms with Crippen molar-refractivity contribution < 1.29 is 0 Å². The molecule has 0 fully saturated rings. The van der Waals surface area contributed by atoms with E-state index in [0.717, 1.165) is 5.56 Å². The Morgan fingerprint density at radius 2 is 2.15 bits per heavy atom. The molecule has 0 atom stereocenters. The zero-order chi connectivity index (χ0) is 14.1. The summed E-state index contributed by atoms with van der Waals surface area (Å²) in [7, 11) is 0. The number of rotatable bonds is 2. The van der Waals surface area contributed by atoms with Gasteiger partial charge < -0.3 is 10.7 Å². The second-order valence-corrected chi connectivity index (χ2v) is 5.09. The van der Waals surface area contributed by atoms with E-state index < -0.39 is 0 Å². The molecule has 1 aromatic carbocycles. The lowest BCUT2D eigenvalue weighted by molar-refractivity contribution is 0.828. The molecule has 0 radical (unpaired) electrons. The van der Waals surface area contributed by atoms with Crippen LogP contribution in [0.15, 0.2) is 41.7 Å². The summed E-state index contributed by atoms with van der Waals surface area (Å²) in [4.78, 5) is 22.4. The van der Waals surface area contributed by atoms with Crippen LogP contribution in [-0.2, 0) is 0 Å². The highest BCUT2D eigenvalue weighted by molar-refractivity contribution is 14.1. The van der Waals surface area contributed by atoms with Crippen molar-refractivity contribution in [2.45, 2.75) is 0 Å². The third-order valence-corrected chi connectivity index (χ3v) is 3.60.